The van der Waals surface area contributed by atoms with Crippen molar-refractivity contribution in [2.75, 3.05) is 26.2 Å². The quantitative estimate of drug-likeness (QED) is 0.664. The van der Waals surface area contributed by atoms with Gasteiger partial charge in [-0.15, -0.1) is 24.8 Å². The minimum absolute atomic E-state index is 0. The highest BCUT2D eigenvalue weighted by atomic mass is 79.9. The van der Waals surface area contributed by atoms with Crippen LogP contribution in [-0.2, 0) is 0 Å². The number of nitrogens with one attached hydrogen (secondary N) is 1. The summed E-state index contributed by atoms with van der Waals surface area (Å²) in [5.41, 5.74) is 0.873. The summed E-state index contributed by atoms with van der Waals surface area (Å²) in [5.74, 6) is 0. The van der Waals surface area contributed by atoms with E-state index < -0.39 is 12.6 Å². The Labute approximate surface area is 160 Å². The van der Waals surface area contributed by atoms with Crippen molar-refractivity contribution in [3.05, 3.63) is 33.3 Å². The molecule has 2 rings (SSSR count). The van der Waals surface area contributed by atoms with Crippen molar-refractivity contribution in [1.82, 2.24) is 10.2 Å². The molecule has 0 unspecified atom stereocenters. The van der Waals surface area contributed by atoms with Gasteiger partial charge in [0.15, 0.2) is 0 Å². The normalized spacial score (nSPS) is 17.1. The van der Waals surface area contributed by atoms with Crippen molar-refractivity contribution in [3.63, 3.8) is 0 Å². The maximum absolute atomic E-state index is 12.6. The molecular weight excluding hydrogens is 439 g/mol. The van der Waals surface area contributed by atoms with Crippen LogP contribution in [0.3, 0.4) is 0 Å². The number of piperazine rings is 1. The molecule has 134 valence electrons. The summed E-state index contributed by atoms with van der Waals surface area (Å²) in [6.07, 6.45) is -4.84. The third-order valence-corrected chi connectivity index (χ3v) is 4.84. The first-order valence-electron chi connectivity index (χ1n) is 6.83. The fraction of sp³-hybridized carbons (Fsp3) is 0.571. The Hall–Kier alpha value is 0.280. The van der Waals surface area contributed by atoms with Gasteiger partial charge in [0.05, 0.1) is 5.02 Å². The minimum atomic E-state index is -4.13. The first kappa shape index (κ1) is 23.3. The number of nitrogens with zero attached hydrogens (tertiary/aromatic N) is 1. The Morgan fingerprint density at radius 2 is 1.83 bits per heavy atom. The van der Waals surface area contributed by atoms with E-state index in [-0.39, 0.29) is 37.3 Å². The Morgan fingerprint density at radius 1 is 1.22 bits per heavy atom. The molecular formula is C14H19BrCl3F3N2. The maximum Gasteiger partial charge on any atom is 0.389 e. The van der Waals surface area contributed by atoms with E-state index in [9.17, 15) is 13.2 Å². The van der Waals surface area contributed by atoms with E-state index in [2.05, 4.69) is 26.1 Å². The molecule has 0 aliphatic carbocycles. The number of hydrogen-bond donors (Lipinski definition) is 1. The van der Waals surface area contributed by atoms with Crippen molar-refractivity contribution in [1.29, 1.82) is 0 Å². The number of rotatable bonds is 4. The smallest absolute Gasteiger partial charge is 0.314 e. The van der Waals surface area contributed by atoms with Crippen LogP contribution < -0.4 is 5.32 Å². The van der Waals surface area contributed by atoms with Crippen LogP contribution in [-0.4, -0.2) is 37.3 Å². The van der Waals surface area contributed by atoms with Crippen LogP contribution in [0, 0.1) is 0 Å². The number of hydrogen-bond acceptors (Lipinski definition) is 2. The molecule has 1 fully saturated rings. The molecule has 0 bridgehead atoms. The van der Waals surface area contributed by atoms with Crippen molar-refractivity contribution in [2.45, 2.75) is 25.1 Å². The molecule has 1 saturated heterocycles. The molecule has 23 heavy (non-hydrogen) atoms. The van der Waals surface area contributed by atoms with Crippen molar-refractivity contribution in [3.8, 4) is 0 Å². The van der Waals surface area contributed by atoms with E-state index >= 15 is 0 Å². The van der Waals surface area contributed by atoms with Crippen LogP contribution in [0.2, 0.25) is 5.02 Å². The highest BCUT2D eigenvalue weighted by Crippen LogP contribution is 2.34. The second-order valence-corrected chi connectivity index (χ2v) is 6.39. The van der Waals surface area contributed by atoms with Crippen molar-refractivity contribution < 1.29 is 13.2 Å². The van der Waals surface area contributed by atoms with Gasteiger partial charge in [0.1, 0.15) is 0 Å². The lowest BCUT2D eigenvalue weighted by atomic mass is 9.99. The van der Waals surface area contributed by atoms with E-state index in [0.29, 0.717) is 9.50 Å². The van der Waals surface area contributed by atoms with Crippen LogP contribution >= 0.6 is 52.3 Å². The molecule has 1 aromatic rings. The molecule has 0 radical (unpaired) electrons. The Balaban J connectivity index is 0.00000242. The molecule has 0 spiro atoms. The van der Waals surface area contributed by atoms with E-state index in [1.807, 2.05) is 12.1 Å². The highest BCUT2D eigenvalue weighted by Gasteiger charge is 2.31. The Morgan fingerprint density at radius 3 is 2.35 bits per heavy atom. The first-order chi connectivity index (χ1) is 9.87. The number of alkyl halides is 3. The largest absolute Gasteiger partial charge is 0.389 e. The first-order valence-corrected chi connectivity index (χ1v) is 8.00. The molecule has 1 N–H and O–H groups in total. The second kappa shape index (κ2) is 10.3. The zero-order valence-corrected chi connectivity index (χ0v) is 16.2. The molecule has 1 aromatic carbocycles. The van der Waals surface area contributed by atoms with E-state index in [0.717, 1.165) is 31.7 Å². The van der Waals surface area contributed by atoms with Gasteiger partial charge in [0.25, 0.3) is 0 Å². The molecule has 1 atom stereocenters. The summed E-state index contributed by atoms with van der Waals surface area (Å²) in [5, 5.41) is 3.78. The third kappa shape index (κ3) is 7.36. The van der Waals surface area contributed by atoms with Crippen LogP contribution in [0.1, 0.15) is 24.4 Å². The van der Waals surface area contributed by atoms with Gasteiger partial charge in [-0.3, -0.25) is 4.90 Å². The van der Waals surface area contributed by atoms with E-state index in [1.165, 1.54) is 0 Å². The van der Waals surface area contributed by atoms with Gasteiger partial charge in [-0.05, 0) is 40.0 Å². The predicted molar refractivity (Wildman–Crippen MR) is 96.1 cm³/mol. The molecule has 1 heterocycles. The van der Waals surface area contributed by atoms with Gasteiger partial charge >= 0.3 is 6.18 Å². The summed E-state index contributed by atoms with van der Waals surface area (Å²) in [6, 6.07) is 5.13. The molecule has 9 heteroatoms. The van der Waals surface area contributed by atoms with Gasteiger partial charge in [-0.2, -0.15) is 13.2 Å². The molecule has 1 aliphatic heterocycles. The van der Waals surface area contributed by atoms with E-state index in [4.69, 9.17) is 11.6 Å². The topological polar surface area (TPSA) is 15.3 Å². The number of benzene rings is 1. The molecule has 0 saturated carbocycles. The summed E-state index contributed by atoms with van der Waals surface area (Å²) >= 11 is 9.31. The summed E-state index contributed by atoms with van der Waals surface area (Å²) < 4.78 is 38.5. The lowest BCUT2D eigenvalue weighted by Gasteiger charge is -2.35. The highest BCUT2D eigenvalue weighted by molar-refractivity contribution is 9.10. The van der Waals surface area contributed by atoms with Gasteiger partial charge in [0.2, 0.25) is 0 Å². The molecule has 0 aromatic heterocycles. The SMILES string of the molecule is Cl.Cl.FC(F)(F)CC[C@@H](c1ccc(Cl)c(Br)c1)N1CCNCC1. The summed E-state index contributed by atoms with van der Waals surface area (Å²) in [4.78, 5) is 2.11. The Bertz CT molecular complexity index is 483. The fourth-order valence-electron chi connectivity index (χ4n) is 2.57. The fourth-order valence-corrected chi connectivity index (χ4v) is 3.09. The second-order valence-electron chi connectivity index (χ2n) is 5.13. The van der Waals surface area contributed by atoms with E-state index in [1.54, 1.807) is 6.07 Å². The lowest BCUT2D eigenvalue weighted by molar-refractivity contribution is -0.138. The standard InChI is InChI=1S/C14H17BrClF3N2.2ClH/c15-11-9-10(1-2-12(11)16)13(3-4-14(17,18)19)21-7-5-20-6-8-21;;/h1-2,9,13,20H,3-8H2;2*1H/t13-;;/m0../s1. The zero-order chi connectivity index (χ0) is 15.5. The van der Waals surface area contributed by atoms with Crippen LogP contribution in [0.5, 0.6) is 0 Å². The summed E-state index contributed by atoms with van der Waals surface area (Å²) in [7, 11) is 0. The van der Waals surface area contributed by atoms with Gasteiger partial charge in [0, 0.05) is 43.1 Å². The van der Waals surface area contributed by atoms with Crippen molar-refractivity contribution >= 4 is 52.3 Å². The average molecular weight is 459 g/mol. The van der Waals surface area contributed by atoms with Crippen LogP contribution in [0.25, 0.3) is 0 Å². The third-order valence-electron chi connectivity index (χ3n) is 3.62. The van der Waals surface area contributed by atoms with Crippen LogP contribution in [0.4, 0.5) is 13.2 Å². The monoisotopic (exact) mass is 456 g/mol. The minimum Gasteiger partial charge on any atom is -0.314 e. The molecule has 2 nitrogen and oxygen atoms in total. The molecule has 0 amide bonds. The zero-order valence-electron chi connectivity index (χ0n) is 12.2. The summed E-state index contributed by atoms with van der Waals surface area (Å²) in [6.45, 7) is 3.11. The van der Waals surface area contributed by atoms with Gasteiger partial charge in [-0.25, -0.2) is 0 Å². The predicted octanol–water partition coefficient (Wildman–Crippen LogP) is 5.23. The molecule has 1 aliphatic rings. The Kier molecular flexibility index (Phi) is 10.4. The maximum atomic E-state index is 12.6. The van der Waals surface area contributed by atoms with Crippen LogP contribution in [0.15, 0.2) is 22.7 Å². The number of halogens is 7. The van der Waals surface area contributed by atoms with Gasteiger partial charge in [-0.1, -0.05) is 17.7 Å². The average Bonchev–Trinajstić information content (AvgIpc) is 2.43. The lowest BCUT2D eigenvalue weighted by Crippen LogP contribution is -2.45. The van der Waals surface area contributed by atoms with Gasteiger partial charge < -0.3 is 5.32 Å². The van der Waals surface area contributed by atoms with Crippen molar-refractivity contribution in [2.24, 2.45) is 0 Å².